The molecule has 26 heavy (non-hydrogen) atoms. The Morgan fingerprint density at radius 1 is 1.23 bits per heavy atom. The van der Waals surface area contributed by atoms with Crippen LogP contribution in [0.15, 0.2) is 29.2 Å². The van der Waals surface area contributed by atoms with Crippen LogP contribution in [0.5, 0.6) is 0 Å². The predicted octanol–water partition coefficient (Wildman–Crippen LogP) is 2.38. The number of benzene rings is 1. The number of amides is 2. The molecular formula is C16H18ClN3O4S2. The number of rotatable bonds is 6. The molecular weight excluding hydrogens is 398 g/mol. The second-order valence-electron chi connectivity index (χ2n) is 5.61. The van der Waals surface area contributed by atoms with Gasteiger partial charge in [-0.1, -0.05) is 11.6 Å². The highest BCUT2D eigenvalue weighted by Crippen LogP contribution is 2.32. The molecule has 140 valence electrons. The zero-order chi connectivity index (χ0) is 19.6. The monoisotopic (exact) mass is 415 g/mol. The van der Waals surface area contributed by atoms with E-state index in [-0.39, 0.29) is 10.5 Å². The molecule has 2 aromatic rings. The van der Waals surface area contributed by atoms with Gasteiger partial charge in [0.05, 0.1) is 17.0 Å². The van der Waals surface area contributed by atoms with Crippen LogP contribution in [0.25, 0.3) is 0 Å². The van der Waals surface area contributed by atoms with Crippen LogP contribution in [-0.4, -0.2) is 38.1 Å². The number of primary amides is 1. The second-order valence-corrected chi connectivity index (χ2v) is 9.32. The molecule has 0 radical (unpaired) electrons. The summed E-state index contributed by atoms with van der Waals surface area (Å²) >= 11 is 6.98. The van der Waals surface area contributed by atoms with Crippen molar-refractivity contribution in [3.8, 4) is 0 Å². The first kappa shape index (κ1) is 20.4. The quantitative estimate of drug-likeness (QED) is 0.754. The van der Waals surface area contributed by atoms with Crippen molar-refractivity contribution < 1.29 is 18.0 Å². The number of thiophene rings is 1. The Morgan fingerprint density at radius 2 is 1.81 bits per heavy atom. The summed E-state index contributed by atoms with van der Waals surface area (Å²) in [6.07, 6.45) is 0. The minimum Gasteiger partial charge on any atom is -0.365 e. The maximum absolute atomic E-state index is 12.5. The number of carbonyl (C=O) groups is 2. The number of likely N-dealkylation sites (N-methyl/N-ethyl adjacent to an activating group) is 1. The summed E-state index contributed by atoms with van der Waals surface area (Å²) in [5.74, 6) is -1.22. The average molecular weight is 416 g/mol. The summed E-state index contributed by atoms with van der Waals surface area (Å²) in [6, 6.07) is 5.64. The van der Waals surface area contributed by atoms with E-state index in [2.05, 4.69) is 5.32 Å². The van der Waals surface area contributed by atoms with Gasteiger partial charge in [0.25, 0.3) is 5.91 Å². The number of carbonyl (C=O) groups excluding carboxylic acids is 2. The predicted molar refractivity (Wildman–Crippen MR) is 102 cm³/mol. The van der Waals surface area contributed by atoms with Crippen LogP contribution in [-0.2, 0) is 14.8 Å². The van der Waals surface area contributed by atoms with Crippen molar-refractivity contribution in [1.82, 2.24) is 4.31 Å². The number of hydrogen-bond donors (Lipinski definition) is 2. The van der Waals surface area contributed by atoms with Crippen LogP contribution in [0.4, 0.5) is 5.00 Å². The van der Waals surface area contributed by atoms with Crippen LogP contribution in [0.2, 0.25) is 5.02 Å². The molecule has 0 bridgehead atoms. The summed E-state index contributed by atoms with van der Waals surface area (Å²) in [6.45, 7) is 3.12. The number of nitrogens with one attached hydrogen (secondary N) is 1. The number of nitrogens with two attached hydrogens (primary N) is 1. The molecule has 0 aliphatic carbocycles. The molecule has 7 nitrogen and oxygen atoms in total. The third kappa shape index (κ3) is 4.24. The fraction of sp³-hybridized carbons (Fsp3) is 0.250. The zero-order valence-electron chi connectivity index (χ0n) is 14.4. The van der Waals surface area contributed by atoms with Crippen molar-refractivity contribution in [3.05, 3.63) is 45.3 Å². The van der Waals surface area contributed by atoms with Crippen LogP contribution in [0.1, 0.15) is 20.8 Å². The van der Waals surface area contributed by atoms with E-state index in [4.69, 9.17) is 17.3 Å². The van der Waals surface area contributed by atoms with Crippen molar-refractivity contribution in [1.29, 1.82) is 0 Å². The number of nitrogens with zero attached hydrogens (tertiary/aromatic N) is 1. The van der Waals surface area contributed by atoms with Gasteiger partial charge in [0.1, 0.15) is 5.00 Å². The molecule has 0 saturated heterocycles. The van der Waals surface area contributed by atoms with Gasteiger partial charge in [-0.15, -0.1) is 11.3 Å². The summed E-state index contributed by atoms with van der Waals surface area (Å²) in [5, 5.41) is 3.29. The summed E-state index contributed by atoms with van der Waals surface area (Å²) in [4.78, 5) is 24.7. The number of hydrogen-bond acceptors (Lipinski definition) is 5. The van der Waals surface area contributed by atoms with Gasteiger partial charge >= 0.3 is 0 Å². The Labute approximate surface area is 160 Å². The van der Waals surface area contributed by atoms with Gasteiger partial charge in [-0.25, -0.2) is 8.42 Å². The molecule has 0 atom stereocenters. The van der Waals surface area contributed by atoms with Gasteiger partial charge in [0.2, 0.25) is 15.9 Å². The maximum Gasteiger partial charge on any atom is 0.251 e. The van der Waals surface area contributed by atoms with E-state index >= 15 is 0 Å². The highest BCUT2D eigenvalue weighted by atomic mass is 35.5. The first-order valence-electron chi connectivity index (χ1n) is 7.45. The fourth-order valence-electron chi connectivity index (χ4n) is 2.25. The van der Waals surface area contributed by atoms with Crippen molar-refractivity contribution in [3.63, 3.8) is 0 Å². The van der Waals surface area contributed by atoms with Crippen LogP contribution in [0.3, 0.4) is 0 Å². The average Bonchev–Trinajstić information content (AvgIpc) is 2.81. The highest BCUT2D eigenvalue weighted by Gasteiger charge is 2.24. The lowest BCUT2D eigenvalue weighted by Crippen LogP contribution is -2.35. The van der Waals surface area contributed by atoms with E-state index in [1.165, 1.54) is 42.6 Å². The molecule has 0 aliphatic rings. The van der Waals surface area contributed by atoms with E-state index in [1.54, 1.807) is 13.8 Å². The van der Waals surface area contributed by atoms with Gasteiger partial charge in [-0.05, 0) is 43.7 Å². The number of aryl methyl sites for hydroxylation is 1. The minimum absolute atomic E-state index is 0.0258. The summed E-state index contributed by atoms with van der Waals surface area (Å²) in [7, 11) is -2.55. The first-order valence-corrected chi connectivity index (χ1v) is 10.1. The third-order valence-electron chi connectivity index (χ3n) is 3.77. The molecule has 10 heteroatoms. The molecule has 0 saturated carbocycles. The van der Waals surface area contributed by atoms with Gasteiger partial charge in [-0.2, -0.15) is 4.31 Å². The topological polar surface area (TPSA) is 110 Å². The lowest BCUT2D eigenvalue weighted by Gasteiger charge is -2.17. The highest BCUT2D eigenvalue weighted by molar-refractivity contribution is 7.89. The Balaban J connectivity index is 2.16. The van der Waals surface area contributed by atoms with Crippen LogP contribution in [0, 0.1) is 13.8 Å². The van der Waals surface area contributed by atoms with Crippen LogP contribution < -0.4 is 11.1 Å². The Morgan fingerprint density at radius 3 is 2.35 bits per heavy atom. The molecule has 2 rings (SSSR count). The largest absolute Gasteiger partial charge is 0.365 e. The van der Waals surface area contributed by atoms with Crippen molar-refractivity contribution >= 4 is 49.8 Å². The maximum atomic E-state index is 12.5. The molecule has 1 heterocycles. The third-order valence-corrected chi connectivity index (χ3v) is 6.97. The molecule has 1 aromatic heterocycles. The van der Waals surface area contributed by atoms with E-state index in [0.29, 0.717) is 15.6 Å². The molecule has 1 aromatic carbocycles. The van der Waals surface area contributed by atoms with Crippen molar-refractivity contribution in [2.45, 2.75) is 18.7 Å². The SMILES string of the molecule is Cc1sc(NC(=O)CN(C)S(=O)(=O)c2ccc(Cl)cc2)c(C(N)=O)c1C. The number of halogens is 1. The second kappa shape index (κ2) is 7.75. The van der Waals surface area contributed by atoms with Gasteiger partial charge in [0.15, 0.2) is 0 Å². The van der Waals surface area contributed by atoms with E-state index < -0.39 is 28.4 Å². The van der Waals surface area contributed by atoms with E-state index in [1.807, 2.05) is 0 Å². The van der Waals surface area contributed by atoms with Gasteiger partial charge < -0.3 is 11.1 Å². The molecule has 0 fully saturated rings. The van der Waals surface area contributed by atoms with Gasteiger partial charge in [-0.3, -0.25) is 9.59 Å². The first-order chi connectivity index (χ1) is 12.0. The fourth-order valence-corrected chi connectivity index (χ4v) is 4.59. The number of sulfonamides is 1. The molecule has 0 unspecified atom stereocenters. The molecule has 2 amide bonds. The Kier molecular flexibility index (Phi) is 6.07. The smallest absolute Gasteiger partial charge is 0.251 e. The van der Waals surface area contributed by atoms with E-state index in [0.717, 1.165) is 9.18 Å². The van der Waals surface area contributed by atoms with Crippen molar-refractivity contribution in [2.24, 2.45) is 5.73 Å². The minimum atomic E-state index is -3.85. The lowest BCUT2D eigenvalue weighted by molar-refractivity contribution is -0.116. The lowest BCUT2D eigenvalue weighted by atomic mass is 10.1. The Hall–Kier alpha value is -1.94. The molecule has 0 aliphatic heterocycles. The summed E-state index contributed by atoms with van der Waals surface area (Å²) in [5.41, 5.74) is 6.30. The molecule has 3 N–H and O–H groups in total. The molecule has 0 spiro atoms. The van der Waals surface area contributed by atoms with E-state index in [9.17, 15) is 18.0 Å². The standard InChI is InChI=1S/C16H18ClN3O4S2/c1-9-10(2)25-16(14(9)15(18)22)19-13(21)8-20(3)26(23,24)12-6-4-11(17)5-7-12/h4-7H,8H2,1-3H3,(H2,18,22)(H,19,21). The normalized spacial score (nSPS) is 11.6. The van der Waals surface area contributed by atoms with Crippen LogP contribution >= 0.6 is 22.9 Å². The Bertz CT molecular complexity index is 953. The van der Waals surface area contributed by atoms with Gasteiger partial charge in [0, 0.05) is 16.9 Å². The summed E-state index contributed by atoms with van der Waals surface area (Å²) < 4.78 is 25.9. The zero-order valence-corrected chi connectivity index (χ0v) is 16.8. The number of anilines is 1. The van der Waals surface area contributed by atoms with Crippen molar-refractivity contribution in [2.75, 3.05) is 18.9 Å².